The zero-order chi connectivity index (χ0) is 18.3. The van der Waals surface area contributed by atoms with Gasteiger partial charge in [-0.3, -0.25) is 4.79 Å². The Morgan fingerprint density at radius 2 is 2.08 bits per heavy atom. The van der Waals surface area contributed by atoms with Crippen molar-refractivity contribution in [3.63, 3.8) is 0 Å². The molecule has 4 rings (SSSR count). The van der Waals surface area contributed by atoms with Crippen LogP contribution >= 0.6 is 22.9 Å². The number of nitrogens with one attached hydrogen (secondary N) is 1. The summed E-state index contributed by atoms with van der Waals surface area (Å²) in [7, 11) is 3.02. The fraction of sp³-hybridized carbons (Fsp3) is 0.222. The van der Waals surface area contributed by atoms with Gasteiger partial charge in [0.25, 0.3) is 5.91 Å². The van der Waals surface area contributed by atoms with Crippen molar-refractivity contribution in [2.75, 3.05) is 19.5 Å². The number of amides is 1. The summed E-state index contributed by atoms with van der Waals surface area (Å²) in [5, 5.41) is 9.19. The molecule has 2 aromatic heterocycles. The largest absolute Gasteiger partial charge is 0.495 e. The predicted octanol–water partition coefficient (Wildman–Crippen LogP) is 4.42. The molecule has 0 radical (unpaired) electrons. The average Bonchev–Trinajstić information content (AvgIpc) is 3.28. The van der Waals surface area contributed by atoms with Gasteiger partial charge >= 0.3 is 0 Å². The number of benzene rings is 1. The van der Waals surface area contributed by atoms with Crippen molar-refractivity contribution < 1.29 is 18.8 Å². The number of methoxy groups -OCH3 is 2. The number of carbonyl (C=O) groups is 1. The molecule has 2 heterocycles. The molecule has 0 spiro atoms. The Kier molecular flexibility index (Phi) is 4.34. The molecule has 134 valence electrons. The highest BCUT2D eigenvalue weighted by Gasteiger charge is 2.28. The third kappa shape index (κ3) is 2.73. The first-order valence-electron chi connectivity index (χ1n) is 7.90. The molecule has 8 heteroatoms. The van der Waals surface area contributed by atoms with Crippen LogP contribution in [0, 0.1) is 0 Å². The van der Waals surface area contributed by atoms with E-state index in [0.717, 1.165) is 24.0 Å². The second-order valence-electron chi connectivity index (χ2n) is 5.74. The Bertz CT molecular complexity index is 995. The van der Waals surface area contributed by atoms with Gasteiger partial charge in [0, 0.05) is 22.1 Å². The zero-order valence-corrected chi connectivity index (χ0v) is 15.7. The number of aromatic nitrogens is 1. The molecule has 0 aliphatic heterocycles. The molecule has 0 fully saturated rings. The highest BCUT2D eigenvalue weighted by atomic mass is 35.5. The van der Waals surface area contributed by atoms with Gasteiger partial charge in [-0.15, -0.1) is 11.3 Å². The van der Waals surface area contributed by atoms with Gasteiger partial charge in [-0.05, 0) is 30.4 Å². The van der Waals surface area contributed by atoms with Crippen LogP contribution in [0.2, 0.25) is 5.02 Å². The van der Waals surface area contributed by atoms with Crippen LogP contribution in [-0.2, 0) is 12.8 Å². The average molecular weight is 391 g/mol. The summed E-state index contributed by atoms with van der Waals surface area (Å²) in [6.07, 6.45) is 1.59. The van der Waals surface area contributed by atoms with Crippen molar-refractivity contribution in [3.05, 3.63) is 44.7 Å². The number of carbonyl (C=O) groups excluding carboxylic acids is 1. The van der Waals surface area contributed by atoms with Crippen LogP contribution in [0.4, 0.5) is 5.69 Å². The summed E-state index contributed by atoms with van der Waals surface area (Å²) in [4.78, 5) is 14.0. The molecular weight excluding hydrogens is 376 g/mol. The van der Waals surface area contributed by atoms with Gasteiger partial charge in [0.05, 0.1) is 24.9 Å². The van der Waals surface area contributed by atoms with Crippen molar-refractivity contribution >= 4 is 34.5 Å². The minimum atomic E-state index is -0.367. The molecular formula is C18H15ClN2O4S. The van der Waals surface area contributed by atoms with E-state index >= 15 is 0 Å². The molecule has 1 N–H and O–H groups in total. The van der Waals surface area contributed by atoms with Crippen molar-refractivity contribution in [1.29, 1.82) is 0 Å². The number of aryl methyl sites for hydroxylation is 1. The van der Waals surface area contributed by atoms with Gasteiger partial charge < -0.3 is 19.3 Å². The standard InChI is InChI=1S/C18H15ClN2O4S/c1-23-13-8-14(24-2)12(7-11(13)19)20-18(22)16-10-3-4-15-9(5-6-26-15)17(10)25-21-16/h5-8H,3-4H2,1-2H3,(H,20,22). The highest BCUT2D eigenvalue weighted by molar-refractivity contribution is 7.10. The minimum absolute atomic E-state index is 0.283. The quantitative estimate of drug-likeness (QED) is 0.713. The van der Waals surface area contributed by atoms with E-state index in [4.69, 9.17) is 25.6 Å². The normalized spacial score (nSPS) is 12.3. The molecule has 0 atom stereocenters. The second-order valence-corrected chi connectivity index (χ2v) is 7.15. The van der Waals surface area contributed by atoms with Gasteiger partial charge in [0.1, 0.15) is 11.5 Å². The number of ether oxygens (including phenoxy) is 2. The number of hydrogen-bond acceptors (Lipinski definition) is 6. The Hall–Kier alpha value is -2.51. The lowest BCUT2D eigenvalue weighted by molar-refractivity contribution is 0.101. The lowest BCUT2D eigenvalue weighted by Gasteiger charge is -2.13. The van der Waals surface area contributed by atoms with Crippen molar-refractivity contribution in [2.45, 2.75) is 12.8 Å². The molecule has 6 nitrogen and oxygen atoms in total. The molecule has 0 bridgehead atoms. The summed E-state index contributed by atoms with van der Waals surface area (Å²) in [6, 6.07) is 5.20. The number of rotatable bonds is 4. The summed E-state index contributed by atoms with van der Waals surface area (Å²) in [5.41, 5.74) is 2.57. The molecule has 0 unspecified atom stereocenters. The number of fused-ring (bicyclic) bond motifs is 3. The molecule has 0 saturated heterocycles. The topological polar surface area (TPSA) is 73.6 Å². The maximum Gasteiger partial charge on any atom is 0.278 e. The summed E-state index contributed by atoms with van der Waals surface area (Å²) < 4.78 is 15.9. The predicted molar refractivity (Wildman–Crippen MR) is 99.7 cm³/mol. The Balaban J connectivity index is 1.66. The summed E-state index contributed by atoms with van der Waals surface area (Å²) in [5.74, 6) is 1.22. The fourth-order valence-electron chi connectivity index (χ4n) is 3.05. The third-order valence-electron chi connectivity index (χ3n) is 4.32. The second kappa shape index (κ2) is 6.66. The van der Waals surface area contributed by atoms with Crippen LogP contribution in [0.15, 0.2) is 28.1 Å². The van der Waals surface area contributed by atoms with Gasteiger partial charge in [-0.2, -0.15) is 0 Å². The van der Waals surface area contributed by atoms with E-state index in [1.54, 1.807) is 23.5 Å². The zero-order valence-electron chi connectivity index (χ0n) is 14.1. The smallest absolute Gasteiger partial charge is 0.278 e. The Labute approximate surface area is 158 Å². The first kappa shape index (κ1) is 16.9. The first-order valence-corrected chi connectivity index (χ1v) is 9.16. The van der Waals surface area contributed by atoms with E-state index in [1.165, 1.54) is 19.1 Å². The van der Waals surface area contributed by atoms with Gasteiger partial charge in [-0.1, -0.05) is 16.8 Å². The Morgan fingerprint density at radius 3 is 2.85 bits per heavy atom. The molecule has 1 amide bonds. The van der Waals surface area contributed by atoms with Gasteiger partial charge in [-0.25, -0.2) is 0 Å². The fourth-order valence-corrected chi connectivity index (χ4v) is 4.16. The molecule has 1 aromatic carbocycles. The van der Waals surface area contributed by atoms with Crippen molar-refractivity contribution in [1.82, 2.24) is 5.16 Å². The molecule has 0 saturated carbocycles. The van der Waals surface area contributed by atoms with E-state index in [1.807, 2.05) is 11.4 Å². The lowest BCUT2D eigenvalue weighted by atomic mass is 9.95. The number of thiophene rings is 1. The van der Waals surface area contributed by atoms with Crippen LogP contribution in [0.1, 0.15) is 20.9 Å². The lowest BCUT2D eigenvalue weighted by Crippen LogP contribution is -2.16. The van der Waals surface area contributed by atoms with Crippen molar-refractivity contribution in [2.24, 2.45) is 0 Å². The summed E-state index contributed by atoms with van der Waals surface area (Å²) >= 11 is 7.85. The van der Waals surface area contributed by atoms with Crippen LogP contribution in [0.3, 0.4) is 0 Å². The van der Waals surface area contributed by atoms with E-state index in [0.29, 0.717) is 28.0 Å². The molecule has 1 aliphatic carbocycles. The van der Waals surface area contributed by atoms with E-state index in [-0.39, 0.29) is 11.6 Å². The maximum atomic E-state index is 12.8. The van der Waals surface area contributed by atoms with Crippen LogP contribution in [0.5, 0.6) is 11.5 Å². The number of anilines is 1. The minimum Gasteiger partial charge on any atom is -0.495 e. The molecule has 1 aliphatic rings. The number of hydrogen-bond donors (Lipinski definition) is 1. The van der Waals surface area contributed by atoms with Crippen LogP contribution in [-0.4, -0.2) is 25.3 Å². The molecule has 26 heavy (non-hydrogen) atoms. The maximum absolute atomic E-state index is 12.8. The van der Waals surface area contributed by atoms with Crippen LogP contribution in [0.25, 0.3) is 11.3 Å². The van der Waals surface area contributed by atoms with E-state index in [2.05, 4.69) is 10.5 Å². The van der Waals surface area contributed by atoms with Crippen LogP contribution < -0.4 is 14.8 Å². The number of nitrogens with zero attached hydrogens (tertiary/aromatic N) is 1. The first-order chi connectivity index (χ1) is 12.6. The van der Waals surface area contributed by atoms with Crippen molar-refractivity contribution in [3.8, 4) is 22.8 Å². The third-order valence-corrected chi connectivity index (χ3v) is 5.59. The Morgan fingerprint density at radius 1 is 1.27 bits per heavy atom. The highest BCUT2D eigenvalue weighted by Crippen LogP contribution is 2.39. The number of halogens is 1. The van der Waals surface area contributed by atoms with Gasteiger partial charge in [0.2, 0.25) is 0 Å². The van der Waals surface area contributed by atoms with E-state index < -0.39 is 0 Å². The van der Waals surface area contributed by atoms with E-state index in [9.17, 15) is 4.79 Å². The molecule has 3 aromatic rings. The monoisotopic (exact) mass is 390 g/mol. The SMILES string of the molecule is COc1cc(OC)c(NC(=O)c2noc3c2CCc2sccc2-3)cc1Cl. The summed E-state index contributed by atoms with van der Waals surface area (Å²) in [6.45, 7) is 0. The van der Waals surface area contributed by atoms with Gasteiger partial charge in [0.15, 0.2) is 11.5 Å².